The maximum absolute atomic E-state index is 12.0. The lowest BCUT2D eigenvalue weighted by atomic mass is 10.1. The highest BCUT2D eigenvalue weighted by Crippen LogP contribution is 2.30. The molecule has 3 aromatic rings. The Labute approximate surface area is 127 Å². The number of rotatable bonds is 2. The third-order valence-electron chi connectivity index (χ3n) is 3.10. The summed E-state index contributed by atoms with van der Waals surface area (Å²) in [4.78, 5) is 16.5. The van der Waals surface area contributed by atoms with Crippen molar-refractivity contribution < 1.29 is 9.21 Å². The average Bonchev–Trinajstić information content (AvgIpc) is 3.00. The van der Waals surface area contributed by atoms with Gasteiger partial charge in [-0.2, -0.15) is 0 Å². The number of thiazole rings is 1. The monoisotopic (exact) mass is 350 g/mol. The number of nitrogens with one attached hydrogen (secondary N) is 1. The maximum atomic E-state index is 12.0. The molecule has 2 heterocycles. The fourth-order valence-electron chi connectivity index (χ4n) is 1.87. The van der Waals surface area contributed by atoms with Crippen molar-refractivity contribution in [3.05, 3.63) is 45.8 Å². The lowest BCUT2D eigenvalue weighted by Gasteiger charge is -1.98. The molecule has 4 nitrogen and oxygen atoms in total. The number of hydrogen-bond donors (Lipinski definition) is 1. The quantitative estimate of drug-likeness (QED) is 0.739. The number of halogens is 1. The summed E-state index contributed by atoms with van der Waals surface area (Å²) in [7, 11) is 0. The molecule has 0 atom stereocenters. The van der Waals surface area contributed by atoms with Crippen LogP contribution in [0, 0.1) is 13.8 Å². The first kappa shape index (κ1) is 13.3. The number of aromatic nitrogens is 1. The minimum Gasteiger partial charge on any atom is -0.444 e. The van der Waals surface area contributed by atoms with E-state index in [1.54, 1.807) is 12.1 Å². The van der Waals surface area contributed by atoms with E-state index < -0.39 is 0 Å². The van der Waals surface area contributed by atoms with Crippen molar-refractivity contribution in [1.82, 2.24) is 4.98 Å². The molecule has 3 rings (SSSR count). The number of carbonyl (C=O) groups is 1. The van der Waals surface area contributed by atoms with Crippen LogP contribution in [0.3, 0.4) is 0 Å². The highest BCUT2D eigenvalue weighted by atomic mass is 79.9. The molecule has 6 heteroatoms. The van der Waals surface area contributed by atoms with Crippen molar-refractivity contribution in [2.45, 2.75) is 13.8 Å². The van der Waals surface area contributed by atoms with E-state index >= 15 is 0 Å². The molecule has 0 aliphatic rings. The summed E-state index contributed by atoms with van der Waals surface area (Å²) in [5.74, 6) is -0.0480. The van der Waals surface area contributed by atoms with Gasteiger partial charge in [0, 0.05) is 0 Å². The van der Waals surface area contributed by atoms with Crippen LogP contribution in [0.25, 0.3) is 10.2 Å². The molecule has 2 aromatic heterocycles. The smallest absolute Gasteiger partial charge is 0.293 e. The molecule has 0 aliphatic heterocycles. The van der Waals surface area contributed by atoms with Crippen LogP contribution in [0.15, 0.2) is 33.4 Å². The SMILES string of the molecule is Cc1ccc2sc(NC(=O)c3ccc(Br)o3)nc2c1C. The highest BCUT2D eigenvalue weighted by molar-refractivity contribution is 9.10. The number of furan rings is 1. The van der Waals surface area contributed by atoms with Gasteiger partial charge in [-0.1, -0.05) is 17.4 Å². The van der Waals surface area contributed by atoms with Crippen LogP contribution < -0.4 is 5.32 Å². The molecule has 0 fully saturated rings. The Morgan fingerprint density at radius 2 is 2.10 bits per heavy atom. The zero-order chi connectivity index (χ0) is 14.3. The van der Waals surface area contributed by atoms with E-state index in [-0.39, 0.29) is 11.7 Å². The molecule has 20 heavy (non-hydrogen) atoms. The third-order valence-corrected chi connectivity index (χ3v) is 4.46. The summed E-state index contributed by atoms with van der Waals surface area (Å²) in [6.45, 7) is 4.08. The van der Waals surface area contributed by atoms with Gasteiger partial charge in [0.2, 0.25) is 0 Å². The van der Waals surface area contributed by atoms with Crippen LogP contribution in [0.2, 0.25) is 0 Å². The second kappa shape index (κ2) is 5.03. The Morgan fingerprint density at radius 3 is 2.80 bits per heavy atom. The fraction of sp³-hybridized carbons (Fsp3) is 0.143. The van der Waals surface area contributed by atoms with E-state index in [0.717, 1.165) is 15.8 Å². The second-order valence-electron chi connectivity index (χ2n) is 4.43. The summed E-state index contributed by atoms with van der Waals surface area (Å²) in [5.41, 5.74) is 3.27. The van der Waals surface area contributed by atoms with Crippen LogP contribution in [0.4, 0.5) is 5.13 Å². The number of anilines is 1. The summed E-state index contributed by atoms with van der Waals surface area (Å²) in [6, 6.07) is 7.38. The van der Waals surface area contributed by atoms with Gasteiger partial charge in [-0.25, -0.2) is 4.98 Å². The van der Waals surface area contributed by atoms with Crippen LogP contribution in [-0.4, -0.2) is 10.9 Å². The second-order valence-corrected chi connectivity index (χ2v) is 6.24. The molecule has 0 bridgehead atoms. The van der Waals surface area contributed by atoms with Crippen LogP contribution in [0.1, 0.15) is 21.7 Å². The van der Waals surface area contributed by atoms with E-state index in [1.165, 1.54) is 16.9 Å². The molecule has 0 saturated carbocycles. The van der Waals surface area contributed by atoms with E-state index in [1.807, 2.05) is 19.9 Å². The Kier molecular flexibility index (Phi) is 3.35. The lowest BCUT2D eigenvalue weighted by Crippen LogP contribution is -2.10. The van der Waals surface area contributed by atoms with Gasteiger partial charge < -0.3 is 4.42 Å². The molecule has 0 spiro atoms. The average molecular weight is 351 g/mol. The molecule has 0 unspecified atom stereocenters. The number of hydrogen-bond acceptors (Lipinski definition) is 4. The minimum atomic E-state index is -0.302. The van der Waals surface area contributed by atoms with Crippen molar-refractivity contribution in [3.63, 3.8) is 0 Å². The molecule has 102 valence electrons. The normalized spacial score (nSPS) is 10.9. The lowest BCUT2D eigenvalue weighted by molar-refractivity contribution is 0.0995. The number of carbonyl (C=O) groups excluding carboxylic acids is 1. The molecule has 0 radical (unpaired) electrons. The van der Waals surface area contributed by atoms with E-state index in [0.29, 0.717) is 9.80 Å². The van der Waals surface area contributed by atoms with Gasteiger partial charge in [0.05, 0.1) is 10.2 Å². The summed E-state index contributed by atoms with van der Waals surface area (Å²) in [6.07, 6.45) is 0. The Balaban J connectivity index is 1.92. The predicted molar refractivity (Wildman–Crippen MR) is 83.5 cm³/mol. The van der Waals surface area contributed by atoms with Gasteiger partial charge in [0.1, 0.15) is 0 Å². The molecular formula is C14H11BrN2O2S. The first-order valence-electron chi connectivity index (χ1n) is 5.98. The fourth-order valence-corrected chi connectivity index (χ4v) is 3.10. The largest absolute Gasteiger partial charge is 0.444 e. The summed E-state index contributed by atoms with van der Waals surface area (Å²) < 4.78 is 6.80. The standard InChI is InChI=1S/C14H11BrN2O2S/c1-7-3-5-10-12(8(7)2)16-14(20-10)17-13(18)9-4-6-11(15)19-9/h3-6H,1-2H3,(H,16,17,18). The highest BCUT2D eigenvalue weighted by Gasteiger charge is 2.14. The van der Waals surface area contributed by atoms with Crippen LogP contribution in [-0.2, 0) is 0 Å². The topological polar surface area (TPSA) is 55.1 Å². The van der Waals surface area contributed by atoms with Crippen molar-refractivity contribution in [2.24, 2.45) is 0 Å². The van der Waals surface area contributed by atoms with Crippen molar-refractivity contribution in [2.75, 3.05) is 5.32 Å². The molecular weight excluding hydrogens is 340 g/mol. The number of fused-ring (bicyclic) bond motifs is 1. The van der Waals surface area contributed by atoms with Crippen LogP contribution in [0.5, 0.6) is 0 Å². The summed E-state index contributed by atoms with van der Waals surface area (Å²) >= 11 is 4.63. The van der Waals surface area contributed by atoms with Crippen LogP contribution >= 0.6 is 27.3 Å². The predicted octanol–water partition coefficient (Wildman–Crippen LogP) is 4.52. The van der Waals surface area contributed by atoms with Crippen molar-refractivity contribution in [3.8, 4) is 0 Å². The Bertz CT molecular complexity index is 807. The van der Waals surface area contributed by atoms with E-state index in [2.05, 4.69) is 32.3 Å². The molecule has 0 aliphatic carbocycles. The van der Waals surface area contributed by atoms with Crippen molar-refractivity contribution in [1.29, 1.82) is 0 Å². The number of nitrogens with zero attached hydrogens (tertiary/aromatic N) is 1. The Morgan fingerprint density at radius 1 is 1.30 bits per heavy atom. The van der Waals surface area contributed by atoms with Gasteiger partial charge in [-0.05, 0) is 59.1 Å². The van der Waals surface area contributed by atoms with Gasteiger partial charge in [-0.15, -0.1) is 0 Å². The number of aryl methyl sites for hydroxylation is 2. The van der Waals surface area contributed by atoms with Gasteiger partial charge in [-0.3, -0.25) is 10.1 Å². The van der Waals surface area contributed by atoms with Crippen molar-refractivity contribution >= 4 is 48.5 Å². The van der Waals surface area contributed by atoms with Gasteiger partial charge in [0.15, 0.2) is 15.6 Å². The Hall–Kier alpha value is -1.66. The van der Waals surface area contributed by atoms with E-state index in [4.69, 9.17) is 4.42 Å². The summed E-state index contributed by atoms with van der Waals surface area (Å²) in [5, 5.41) is 3.34. The molecule has 1 N–H and O–H groups in total. The zero-order valence-corrected chi connectivity index (χ0v) is 13.3. The third kappa shape index (κ3) is 2.36. The number of benzene rings is 1. The van der Waals surface area contributed by atoms with Gasteiger partial charge >= 0.3 is 0 Å². The zero-order valence-electron chi connectivity index (χ0n) is 10.9. The first-order valence-corrected chi connectivity index (χ1v) is 7.59. The minimum absolute atomic E-state index is 0.254. The van der Waals surface area contributed by atoms with Gasteiger partial charge in [0.25, 0.3) is 5.91 Å². The molecule has 1 aromatic carbocycles. The van der Waals surface area contributed by atoms with E-state index in [9.17, 15) is 4.79 Å². The first-order chi connectivity index (χ1) is 9.54. The molecule has 0 saturated heterocycles. The maximum Gasteiger partial charge on any atom is 0.293 e. The molecule has 1 amide bonds. The number of amides is 1.